The number of anilines is 3. The Labute approximate surface area is 351 Å². The van der Waals surface area contributed by atoms with E-state index in [-0.39, 0.29) is 0 Å². The van der Waals surface area contributed by atoms with Crippen molar-refractivity contribution in [2.75, 3.05) is 4.90 Å². The van der Waals surface area contributed by atoms with Crippen molar-refractivity contribution in [1.29, 1.82) is 0 Å². The first-order valence-electron chi connectivity index (χ1n) is 19.4. The molecule has 0 spiro atoms. The molecule has 4 heteroatoms. The molecule has 0 bridgehead atoms. The lowest BCUT2D eigenvalue weighted by Gasteiger charge is -2.29. The van der Waals surface area contributed by atoms with Crippen LogP contribution in [0.2, 0.25) is 5.02 Å². The number of aromatic nitrogens is 1. The second-order valence-corrected chi connectivity index (χ2v) is 15.8. The highest BCUT2D eigenvalue weighted by Gasteiger charge is 2.20. The smallest absolute Gasteiger partial charge is 0.0561 e. The number of hydrogen-bond acceptors (Lipinski definition) is 1. The molecule has 0 amide bonds. The van der Waals surface area contributed by atoms with Gasteiger partial charge >= 0.3 is 0 Å². The minimum atomic E-state index is 0.670. The first-order valence-corrected chi connectivity index (χ1v) is 20.6. The summed E-state index contributed by atoms with van der Waals surface area (Å²) in [6.45, 7) is 0. The molecule has 0 saturated carbocycles. The number of hydrogen-bond donors (Lipinski definition) is 0. The number of halogens is 2. The maximum Gasteiger partial charge on any atom is 0.0561 e. The number of para-hydroxylation sites is 1. The zero-order chi connectivity index (χ0) is 39.0. The molecule has 0 N–H and O–H groups in total. The van der Waals surface area contributed by atoms with Gasteiger partial charge in [0.1, 0.15) is 0 Å². The van der Waals surface area contributed by atoms with Crippen molar-refractivity contribution in [2.24, 2.45) is 0 Å². The SMILES string of the molecule is Clc1cccc(N(c2ccc3c4ccccc4c4ccccc4c4ccccc4n(-c4cccc(Br)c4)c3c2)c2ccc(-c3ccccc3)cc2-c2ccccc2)c1. The Bertz CT molecular complexity index is 3210. The molecule has 9 aromatic carbocycles. The number of rotatable bonds is 6. The van der Waals surface area contributed by atoms with Crippen LogP contribution in [0, 0.1) is 0 Å². The van der Waals surface area contributed by atoms with E-state index in [1.807, 2.05) is 12.1 Å². The molecule has 0 unspecified atom stereocenters. The van der Waals surface area contributed by atoms with Crippen LogP contribution in [0.4, 0.5) is 17.1 Å². The number of fused-ring (bicyclic) bond motifs is 7. The third-order valence-electron chi connectivity index (χ3n) is 10.9. The van der Waals surface area contributed by atoms with Gasteiger partial charge in [-0.05, 0) is 105 Å². The van der Waals surface area contributed by atoms with E-state index >= 15 is 0 Å². The second kappa shape index (κ2) is 15.4. The quantitative estimate of drug-likeness (QED) is 0.162. The molecule has 1 aromatic heterocycles. The van der Waals surface area contributed by atoms with E-state index < -0.39 is 0 Å². The van der Waals surface area contributed by atoms with Gasteiger partial charge in [0, 0.05) is 42.9 Å². The molecule has 0 fully saturated rings. The predicted molar refractivity (Wildman–Crippen MR) is 252 cm³/mol. The van der Waals surface area contributed by atoms with Crippen molar-refractivity contribution < 1.29 is 0 Å². The fourth-order valence-electron chi connectivity index (χ4n) is 8.33. The maximum absolute atomic E-state index is 6.83. The highest BCUT2D eigenvalue weighted by molar-refractivity contribution is 9.10. The Balaban J connectivity index is 1.38. The average Bonchev–Trinajstić information content (AvgIpc) is 3.31. The van der Waals surface area contributed by atoms with E-state index in [0.717, 1.165) is 71.1 Å². The van der Waals surface area contributed by atoms with Crippen LogP contribution in [0.5, 0.6) is 0 Å². The molecule has 0 aliphatic carbocycles. The molecule has 10 aromatic rings. The van der Waals surface area contributed by atoms with Crippen LogP contribution >= 0.6 is 27.5 Å². The third kappa shape index (κ3) is 6.59. The van der Waals surface area contributed by atoms with Crippen molar-refractivity contribution in [2.45, 2.75) is 0 Å². The van der Waals surface area contributed by atoms with Gasteiger partial charge in [-0.1, -0.05) is 179 Å². The molecule has 0 saturated heterocycles. The van der Waals surface area contributed by atoms with E-state index in [9.17, 15) is 0 Å². The Kier molecular flexibility index (Phi) is 9.47. The Hall–Kier alpha value is -6.65. The van der Waals surface area contributed by atoms with Gasteiger partial charge < -0.3 is 9.47 Å². The molecule has 1 heterocycles. The summed E-state index contributed by atoms with van der Waals surface area (Å²) in [6, 6.07) is 78.0. The zero-order valence-corrected chi connectivity index (χ0v) is 33.8. The van der Waals surface area contributed by atoms with Gasteiger partial charge in [-0.3, -0.25) is 0 Å². The highest BCUT2D eigenvalue weighted by atomic mass is 79.9. The van der Waals surface area contributed by atoms with Crippen molar-refractivity contribution in [1.82, 2.24) is 4.57 Å². The summed E-state index contributed by atoms with van der Waals surface area (Å²) < 4.78 is 3.43. The molecule has 0 atom stereocenters. The fourth-order valence-corrected chi connectivity index (χ4v) is 8.90. The fraction of sp³-hybridized carbons (Fsp3) is 0. The molecule has 0 aliphatic heterocycles. The van der Waals surface area contributed by atoms with Gasteiger partial charge in [0.2, 0.25) is 0 Å². The maximum atomic E-state index is 6.83. The van der Waals surface area contributed by atoms with Crippen LogP contribution in [-0.4, -0.2) is 4.57 Å². The van der Waals surface area contributed by atoms with E-state index in [1.54, 1.807) is 0 Å². The summed E-state index contributed by atoms with van der Waals surface area (Å²) in [7, 11) is 0. The Morgan fingerprint density at radius 3 is 1.62 bits per heavy atom. The van der Waals surface area contributed by atoms with Gasteiger partial charge in [0.25, 0.3) is 0 Å². The summed E-state index contributed by atoms with van der Waals surface area (Å²) in [6.07, 6.45) is 0. The normalized spacial score (nSPS) is 11.3. The van der Waals surface area contributed by atoms with Gasteiger partial charge in [0.15, 0.2) is 0 Å². The zero-order valence-electron chi connectivity index (χ0n) is 31.4. The third-order valence-corrected chi connectivity index (χ3v) is 11.6. The molecule has 0 radical (unpaired) electrons. The monoisotopic (exact) mass is 826 g/mol. The van der Waals surface area contributed by atoms with Crippen LogP contribution in [0.25, 0.3) is 71.3 Å². The Morgan fingerprint density at radius 1 is 0.379 bits per heavy atom. The second-order valence-electron chi connectivity index (χ2n) is 14.4. The van der Waals surface area contributed by atoms with Crippen LogP contribution in [0.3, 0.4) is 0 Å². The van der Waals surface area contributed by atoms with Gasteiger partial charge in [0.05, 0.1) is 16.7 Å². The van der Waals surface area contributed by atoms with E-state index in [0.29, 0.717) is 5.02 Å². The summed E-state index contributed by atoms with van der Waals surface area (Å²) in [5.41, 5.74) is 10.7. The lowest BCUT2D eigenvalue weighted by Crippen LogP contribution is -2.12. The standard InChI is InChI=1S/C54H36BrClN2/c55-40-19-13-21-42(34-40)58-52-28-12-11-27-49(52)47-25-9-7-23-45(47)46-24-8-10-26-48(46)50-31-30-44(36-54(50)58)57(43-22-14-20-41(56)35-43)53-32-29-39(37-15-3-1-4-16-37)33-51(53)38-17-5-2-6-18-38/h1-36H. The summed E-state index contributed by atoms with van der Waals surface area (Å²) in [4.78, 5) is 2.35. The molecular weight excluding hydrogens is 792 g/mol. The molecule has 10 rings (SSSR count). The highest BCUT2D eigenvalue weighted by Crippen LogP contribution is 2.45. The topological polar surface area (TPSA) is 8.17 Å². The van der Waals surface area contributed by atoms with Crippen LogP contribution in [0.1, 0.15) is 0 Å². The lowest BCUT2D eigenvalue weighted by atomic mass is 9.96. The Morgan fingerprint density at radius 2 is 0.948 bits per heavy atom. The molecule has 2 nitrogen and oxygen atoms in total. The van der Waals surface area contributed by atoms with E-state index in [1.165, 1.54) is 21.7 Å². The van der Waals surface area contributed by atoms with Gasteiger partial charge in [-0.15, -0.1) is 0 Å². The minimum absolute atomic E-state index is 0.670. The largest absolute Gasteiger partial charge is 0.310 e. The first kappa shape index (κ1) is 35.7. The summed E-state index contributed by atoms with van der Waals surface area (Å²) in [5, 5.41) is 7.68. The van der Waals surface area contributed by atoms with Crippen molar-refractivity contribution >= 4 is 87.9 Å². The van der Waals surface area contributed by atoms with Gasteiger partial charge in [-0.25, -0.2) is 0 Å². The lowest BCUT2D eigenvalue weighted by molar-refractivity contribution is 1.16. The first-order chi connectivity index (χ1) is 28.6. The molecular formula is C54H36BrClN2. The predicted octanol–water partition coefficient (Wildman–Crippen LogP) is 16.4. The van der Waals surface area contributed by atoms with E-state index in [2.05, 4.69) is 232 Å². The van der Waals surface area contributed by atoms with Crippen molar-refractivity contribution in [3.05, 3.63) is 228 Å². The summed E-state index contributed by atoms with van der Waals surface area (Å²) in [5.74, 6) is 0. The van der Waals surface area contributed by atoms with Gasteiger partial charge in [-0.2, -0.15) is 0 Å². The van der Waals surface area contributed by atoms with Crippen molar-refractivity contribution in [3.8, 4) is 27.9 Å². The van der Waals surface area contributed by atoms with Crippen LogP contribution in [-0.2, 0) is 0 Å². The summed E-state index contributed by atoms with van der Waals surface area (Å²) >= 11 is 10.7. The molecule has 58 heavy (non-hydrogen) atoms. The van der Waals surface area contributed by atoms with Crippen molar-refractivity contribution in [3.63, 3.8) is 0 Å². The average molecular weight is 828 g/mol. The number of benzene rings is 9. The van der Waals surface area contributed by atoms with Crippen LogP contribution in [0.15, 0.2) is 223 Å². The van der Waals surface area contributed by atoms with Crippen LogP contribution < -0.4 is 4.90 Å². The van der Waals surface area contributed by atoms with E-state index in [4.69, 9.17) is 11.6 Å². The molecule has 276 valence electrons. The molecule has 0 aliphatic rings. The number of nitrogens with zero attached hydrogens (tertiary/aromatic N) is 2. The minimum Gasteiger partial charge on any atom is -0.310 e.